The van der Waals surface area contributed by atoms with Gasteiger partial charge in [0, 0.05) is 25.4 Å². The molecule has 0 saturated carbocycles. The summed E-state index contributed by atoms with van der Waals surface area (Å²) in [7, 11) is -1.68. The average molecular weight is 382 g/mol. The van der Waals surface area contributed by atoms with Crippen LogP contribution in [0.4, 0.5) is 5.69 Å². The first kappa shape index (κ1) is 20.4. The first-order chi connectivity index (χ1) is 12.1. The molecule has 0 spiro atoms. The van der Waals surface area contributed by atoms with Crippen molar-refractivity contribution in [2.24, 2.45) is 0 Å². The third-order valence-corrected chi connectivity index (χ3v) is 6.31. The Hall–Kier alpha value is -1.93. The predicted molar refractivity (Wildman–Crippen MR) is 99.9 cm³/mol. The third-order valence-electron chi connectivity index (χ3n) is 4.56. The molecular weight excluding hydrogens is 356 g/mol. The highest BCUT2D eigenvalue weighted by Crippen LogP contribution is 2.23. The van der Waals surface area contributed by atoms with Gasteiger partial charge in [0.15, 0.2) is 9.84 Å². The smallest absolute Gasteiger partial charge is 0.313 e. The lowest BCUT2D eigenvalue weighted by Gasteiger charge is -2.27. The number of sulfone groups is 1. The van der Waals surface area contributed by atoms with Gasteiger partial charge in [-0.1, -0.05) is 17.7 Å². The van der Waals surface area contributed by atoms with Crippen LogP contribution in [0.1, 0.15) is 23.1 Å². The zero-order chi connectivity index (χ0) is 19.5. The van der Waals surface area contributed by atoms with Crippen LogP contribution in [0.2, 0.25) is 0 Å². The highest BCUT2D eigenvalue weighted by molar-refractivity contribution is 7.91. The largest absolute Gasteiger partial charge is 0.383 e. The molecule has 2 rings (SSSR count). The first-order valence-corrected chi connectivity index (χ1v) is 10.4. The molecule has 1 fully saturated rings. The predicted octanol–water partition coefficient (Wildman–Crippen LogP) is 1.21. The molecule has 1 aromatic carbocycles. The number of carbonyl (C=O) groups excluding carboxylic acids is 2. The second-order valence-electron chi connectivity index (χ2n) is 6.78. The van der Waals surface area contributed by atoms with E-state index in [0.717, 1.165) is 16.7 Å². The Bertz CT molecular complexity index is 781. The SMILES string of the molecule is COCCN(C(=O)C(=O)Nc1c(C)cc(C)cc1C)C1CCS(=O)(=O)C1. The number of carbonyl (C=O) groups is 2. The molecule has 26 heavy (non-hydrogen) atoms. The molecule has 0 aromatic heterocycles. The third kappa shape index (κ3) is 4.82. The Morgan fingerprint density at radius 1 is 1.23 bits per heavy atom. The Morgan fingerprint density at radius 3 is 2.35 bits per heavy atom. The normalized spacial score (nSPS) is 18.5. The van der Waals surface area contributed by atoms with E-state index in [-0.39, 0.29) is 24.7 Å². The molecule has 1 unspecified atom stereocenters. The van der Waals surface area contributed by atoms with E-state index in [0.29, 0.717) is 12.1 Å². The summed E-state index contributed by atoms with van der Waals surface area (Å²) in [6, 6.07) is 3.37. The van der Waals surface area contributed by atoms with E-state index in [2.05, 4.69) is 5.32 Å². The minimum absolute atomic E-state index is 0.0340. The number of aryl methyl sites for hydroxylation is 3. The molecule has 0 bridgehead atoms. The minimum atomic E-state index is -3.17. The van der Waals surface area contributed by atoms with Crippen molar-refractivity contribution in [1.29, 1.82) is 0 Å². The fourth-order valence-electron chi connectivity index (χ4n) is 3.34. The number of benzene rings is 1. The number of methoxy groups -OCH3 is 1. The summed E-state index contributed by atoms with van der Waals surface area (Å²) >= 11 is 0. The van der Waals surface area contributed by atoms with Gasteiger partial charge >= 0.3 is 11.8 Å². The van der Waals surface area contributed by atoms with Gasteiger partial charge in [0.05, 0.1) is 18.1 Å². The van der Waals surface area contributed by atoms with Gasteiger partial charge in [-0.05, 0) is 38.3 Å². The van der Waals surface area contributed by atoms with E-state index in [4.69, 9.17) is 4.74 Å². The Labute approximate surface area is 154 Å². The van der Waals surface area contributed by atoms with Crippen molar-refractivity contribution in [3.63, 3.8) is 0 Å². The van der Waals surface area contributed by atoms with E-state index >= 15 is 0 Å². The van der Waals surface area contributed by atoms with Gasteiger partial charge < -0.3 is 15.0 Å². The van der Waals surface area contributed by atoms with Gasteiger partial charge in [0.1, 0.15) is 0 Å². The zero-order valence-electron chi connectivity index (χ0n) is 15.7. The maximum atomic E-state index is 12.7. The fraction of sp³-hybridized carbons (Fsp3) is 0.556. The molecule has 1 atom stereocenters. The molecule has 0 aliphatic carbocycles. The topological polar surface area (TPSA) is 92.8 Å². The number of nitrogens with zero attached hydrogens (tertiary/aromatic N) is 1. The van der Waals surface area contributed by atoms with Crippen LogP contribution in [-0.2, 0) is 24.2 Å². The highest BCUT2D eigenvalue weighted by atomic mass is 32.2. The molecule has 1 aliphatic heterocycles. The molecule has 1 aromatic rings. The first-order valence-electron chi connectivity index (χ1n) is 8.54. The lowest BCUT2D eigenvalue weighted by molar-refractivity contribution is -0.144. The van der Waals surface area contributed by atoms with Crippen LogP contribution in [0.3, 0.4) is 0 Å². The van der Waals surface area contributed by atoms with Crippen LogP contribution < -0.4 is 5.32 Å². The summed E-state index contributed by atoms with van der Waals surface area (Å²) < 4.78 is 28.5. The van der Waals surface area contributed by atoms with Crippen LogP contribution in [0.5, 0.6) is 0 Å². The van der Waals surface area contributed by atoms with Crippen LogP contribution in [-0.4, -0.2) is 62.9 Å². The monoisotopic (exact) mass is 382 g/mol. The number of hydrogen-bond acceptors (Lipinski definition) is 5. The molecule has 8 heteroatoms. The fourth-order valence-corrected chi connectivity index (χ4v) is 5.07. The molecule has 1 heterocycles. The van der Waals surface area contributed by atoms with Gasteiger partial charge in [0.2, 0.25) is 0 Å². The van der Waals surface area contributed by atoms with E-state index in [9.17, 15) is 18.0 Å². The van der Waals surface area contributed by atoms with Crippen LogP contribution >= 0.6 is 0 Å². The average Bonchev–Trinajstić information content (AvgIpc) is 2.90. The molecule has 1 N–H and O–H groups in total. The van der Waals surface area contributed by atoms with Crippen LogP contribution in [0.15, 0.2) is 12.1 Å². The molecule has 144 valence electrons. The quantitative estimate of drug-likeness (QED) is 0.773. The summed E-state index contributed by atoms with van der Waals surface area (Å²) in [6.07, 6.45) is 0.341. The molecule has 0 radical (unpaired) electrons. The van der Waals surface area contributed by atoms with Crippen molar-refractivity contribution in [2.45, 2.75) is 33.2 Å². The number of rotatable bonds is 5. The number of anilines is 1. The molecule has 1 saturated heterocycles. The Kier molecular flexibility index (Phi) is 6.41. The Balaban J connectivity index is 2.18. The second-order valence-corrected chi connectivity index (χ2v) is 9.00. The molecular formula is C18H26N2O5S. The summed E-state index contributed by atoms with van der Waals surface area (Å²) in [5.41, 5.74) is 3.42. The van der Waals surface area contributed by atoms with Crippen molar-refractivity contribution < 1.29 is 22.7 Å². The van der Waals surface area contributed by atoms with E-state index < -0.39 is 27.7 Å². The van der Waals surface area contributed by atoms with Gasteiger partial charge in [-0.2, -0.15) is 0 Å². The number of amides is 2. The van der Waals surface area contributed by atoms with E-state index in [1.807, 2.05) is 32.9 Å². The zero-order valence-corrected chi connectivity index (χ0v) is 16.5. The van der Waals surface area contributed by atoms with Gasteiger partial charge in [0.25, 0.3) is 0 Å². The van der Waals surface area contributed by atoms with Crippen molar-refractivity contribution in [1.82, 2.24) is 4.90 Å². The molecule has 1 aliphatic rings. The van der Waals surface area contributed by atoms with Crippen molar-refractivity contribution in [3.05, 3.63) is 28.8 Å². The number of hydrogen-bond donors (Lipinski definition) is 1. The van der Waals surface area contributed by atoms with Crippen molar-refractivity contribution in [3.8, 4) is 0 Å². The molecule has 7 nitrogen and oxygen atoms in total. The van der Waals surface area contributed by atoms with Crippen molar-refractivity contribution in [2.75, 3.05) is 37.1 Å². The maximum absolute atomic E-state index is 12.7. The second kappa shape index (κ2) is 8.18. The Morgan fingerprint density at radius 2 is 1.85 bits per heavy atom. The van der Waals surface area contributed by atoms with Crippen LogP contribution in [0, 0.1) is 20.8 Å². The summed E-state index contributed by atoms with van der Waals surface area (Å²) in [4.78, 5) is 26.6. The standard InChI is InChI=1S/C18H26N2O5S/c1-12-9-13(2)16(14(3)10-12)19-17(21)18(22)20(6-7-25-4)15-5-8-26(23,24)11-15/h9-10,15H,5-8,11H2,1-4H3,(H,19,21). The minimum Gasteiger partial charge on any atom is -0.383 e. The summed E-state index contributed by atoms with van der Waals surface area (Å²) in [6.45, 7) is 6.11. The van der Waals surface area contributed by atoms with Crippen LogP contribution in [0.25, 0.3) is 0 Å². The summed E-state index contributed by atoms with van der Waals surface area (Å²) in [5, 5.41) is 2.69. The van der Waals surface area contributed by atoms with E-state index in [1.54, 1.807) is 0 Å². The van der Waals surface area contributed by atoms with Crippen molar-refractivity contribution >= 4 is 27.3 Å². The number of nitrogens with one attached hydrogen (secondary N) is 1. The van der Waals surface area contributed by atoms with Gasteiger partial charge in [-0.15, -0.1) is 0 Å². The number of ether oxygens (including phenoxy) is 1. The maximum Gasteiger partial charge on any atom is 0.313 e. The lowest BCUT2D eigenvalue weighted by Crippen LogP contribution is -2.48. The highest BCUT2D eigenvalue weighted by Gasteiger charge is 2.36. The van der Waals surface area contributed by atoms with Gasteiger partial charge in [-0.3, -0.25) is 9.59 Å². The van der Waals surface area contributed by atoms with Gasteiger partial charge in [-0.25, -0.2) is 8.42 Å². The molecule has 2 amide bonds. The summed E-state index contributed by atoms with van der Waals surface area (Å²) in [5.74, 6) is -1.58. The van der Waals surface area contributed by atoms with E-state index in [1.165, 1.54) is 12.0 Å². The lowest BCUT2D eigenvalue weighted by atomic mass is 10.1.